The zero-order valence-electron chi connectivity index (χ0n) is 21.5. The lowest BCUT2D eigenvalue weighted by Gasteiger charge is -2.51. The molecule has 2 atom stereocenters. The first-order valence-corrected chi connectivity index (χ1v) is 13.0. The first-order chi connectivity index (χ1) is 18.0. The molecule has 2 unspecified atom stereocenters. The number of carbonyl (C=O) groups excluding carboxylic acids is 1. The number of pyridine rings is 1. The van der Waals surface area contributed by atoms with E-state index >= 15 is 0 Å². The standard InChI is InChI=1S/C29H32N6O2/c1-19(2)20-8-10-21(11-9-20)27-25(34-15-5-14-30-29(34)32-27)18-33-16-23-13-12-22(33)17-35(23)28(36)24-6-4-7-26(31-24)37-3/h4-11,14-15,19,22-23H,12-13,16-18H2,1-3H3. The molecule has 1 amide bonds. The van der Waals surface area contributed by atoms with Crippen LogP contribution >= 0.6 is 0 Å². The lowest BCUT2D eigenvalue weighted by Crippen LogP contribution is -2.63. The highest BCUT2D eigenvalue weighted by molar-refractivity contribution is 5.93. The molecule has 0 spiro atoms. The zero-order chi connectivity index (χ0) is 25.5. The topological polar surface area (TPSA) is 75.9 Å². The predicted molar refractivity (Wildman–Crippen MR) is 142 cm³/mol. The molecule has 4 aromatic rings. The minimum absolute atomic E-state index is 0.0156. The maximum atomic E-state index is 13.3. The van der Waals surface area contributed by atoms with Crippen LogP contribution in [0, 0.1) is 0 Å². The van der Waals surface area contributed by atoms with Gasteiger partial charge in [-0.3, -0.25) is 14.1 Å². The summed E-state index contributed by atoms with van der Waals surface area (Å²) in [6.45, 7) is 6.71. The van der Waals surface area contributed by atoms with E-state index < -0.39 is 0 Å². The number of carbonyl (C=O) groups is 1. The van der Waals surface area contributed by atoms with E-state index in [1.54, 1.807) is 25.4 Å². The maximum absolute atomic E-state index is 13.3. The Labute approximate surface area is 216 Å². The summed E-state index contributed by atoms with van der Waals surface area (Å²) in [6.07, 6.45) is 5.92. The molecule has 37 heavy (non-hydrogen) atoms. The average Bonchev–Trinajstić information content (AvgIpc) is 3.31. The van der Waals surface area contributed by atoms with Gasteiger partial charge in [0, 0.05) is 55.7 Å². The summed E-state index contributed by atoms with van der Waals surface area (Å²) in [4.78, 5) is 31.7. The summed E-state index contributed by atoms with van der Waals surface area (Å²) in [7, 11) is 1.57. The number of imidazole rings is 1. The van der Waals surface area contributed by atoms with Gasteiger partial charge in [-0.05, 0) is 36.5 Å². The van der Waals surface area contributed by atoms with Crippen molar-refractivity contribution in [1.29, 1.82) is 0 Å². The van der Waals surface area contributed by atoms with Gasteiger partial charge in [0.2, 0.25) is 11.7 Å². The van der Waals surface area contributed by atoms with Crippen molar-refractivity contribution in [3.8, 4) is 17.1 Å². The minimum Gasteiger partial charge on any atom is -0.481 e. The molecule has 0 N–H and O–H groups in total. The van der Waals surface area contributed by atoms with Gasteiger partial charge in [-0.2, -0.15) is 0 Å². The Hall–Kier alpha value is -3.78. The van der Waals surface area contributed by atoms with Crippen molar-refractivity contribution in [2.24, 2.45) is 0 Å². The van der Waals surface area contributed by atoms with Crippen LogP contribution < -0.4 is 4.74 Å². The molecule has 3 aromatic heterocycles. The normalized spacial score (nSPS) is 19.6. The van der Waals surface area contributed by atoms with Gasteiger partial charge >= 0.3 is 0 Å². The number of fused-ring (bicyclic) bond motifs is 4. The van der Waals surface area contributed by atoms with Crippen molar-refractivity contribution >= 4 is 11.7 Å². The number of ether oxygens (including phenoxy) is 1. The molecule has 3 saturated heterocycles. The highest BCUT2D eigenvalue weighted by Crippen LogP contribution is 2.33. The van der Waals surface area contributed by atoms with Gasteiger partial charge in [0.25, 0.3) is 5.91 Å². The molecule has 3 aliphatic heterocycles. The lowest BCUT2D eigenvalue weighted by molar-refractivity contribution is -0.0162. The van der Waals surface area contributed by atoms with E-state index in [4.69, 9.17) is 9.72 Å². The highest BCUT2D eigenvalue weighted by atomic mass is 16.5. The smallest absolute Gasteiger partial charge is 0.272 e. The highest BCUT2D eigenvalue weighted by Gasteiger charge is 2.42. The van der Waals surface area contributed by atoms with E-state index in [1.807, 2.05) is 23.2 Å². The van der Waals surface area contributed by atoms with Crippen molar-refractivity contribution in [2.75, 3.05) is 20.2 Å². The second-order valence-corrected chi connectivity index (χ2v) is 10.3. The fraction of sp³-hybridized carbons (Fsp3) is 0.379. The zero-order valence-corrected chi connectivity index (χ0v) is 21.5. The van der Waals surface area contributed by atoms with Gasteiger partial charge in [0.1, 0.15) is 5.69 Å². The second-order valence-electron chi connectivity index (χ2n) is 10.3. The molecule has 1 aromatic carbocycles. The third-order valence-corrected chi connectivity index (χ3v) is 7.76. The first-order valence-electron chi connectivity index (χ1n) is 13.0. The van der Waals surface area contributed by atoms with Gasteiger partial charge in [-0.1, -0.05) is 44.2 Å². The van der Waals surface area contributed by atoms with Gasteiger partial charge < -0.3 is 9.64 Å². The molecule has 8 nitrogen and oxygen atoms in total. The Kier molecular flexibility index (Phi) is 6.12. The van der Waals surface area contributed by atoms with Gasteiger partial charge in [0.15, 0.2) is 0 Å². The summed E-state index contributed by atoms with van der Waals surface area (Å²) in [5, 5.41) is 0. The molecule has 3 fully saturated rings. The van der Waals surface area contributed by atoms with Gasteiger partial charge in [0.05, 0.1) is 18.5 Å². The molecule has 3 aliphatic rings. The van der Waals surface area contributed by atoms with E-state index in [0.717, 1.165) is 42.9 Å². The number of methoxy groups -OCH3 is 1. The van der Waals surface area contributed by atoms with Crippen LogP contribution in [-0.4, -0.2) is 67.3 Å². The van der Waals surface area contributed by atoms with Gasteiger partial charge in [-0.15, -0.1) is 0 Å². The minimum atomic E-state index is -0.0156. The van der Waals surface area contributed by atoms with E-state index in [0.29, 0.717) is 29.8 Å². The largest absolute Gasteiger partial charge is 0.481 e. The average molecular weight is 497 g/mol. The number of hydrogen-bond donors (Lipinski definition) is 0. The van der Waals surface area contributed by atoms with Crippen molar-refractivity contribution in [1.82, 2.24) is 29.2 Å². The van der Waals surface area contributed by atoms with Crippen LogP contribution in [0.1, 0.15) is 54.4 Å². The van der Waals surface area contributed by atoms with Crippen LogP contribution in [0.5, 0.6) is 5.88 Å². The number of benzene rings is 1. The van der Waals surface area contributed by atoms with Crippen molar-refractivity contribution in [3.05, 3.63) is 77.9 Å². The third-order valence-electron chi connectivity index (χ3n) is 7.76. The number of rotatable bonds is 6. The maximum Gasteiger partial charge on any atom is 0.272 e. The number of piperidine rings is 2. The Morgan fingerprint density at radius 3 is 2.57 bits per heavy atom. The molecule has 7 rings (SSSR count). The quantitative estimate of drug-likeness (QED) is 0.394. The summed E-state index contributed by atoms with van der Waals surface area (Å²) >= 11 is 0. The molecule has 0 saturated carbocycles. The fourth-order valence-corrected chi connectivity index (χ4v) is 5.69. The van der Waals surface area contributed by atoms with Crippen LogP contribution in [0.2, 0.25) is 0 Å². The number of aromatic nitrogens is 4. The van der Waals surface area contributed by atoms with Crippen molar-refractivity contribution < 1.29 is 9.53 Å². The van der Waals surface area contributed by atoms with Crippen LogP contribution in [0.15, 0.2) is 60.9 Å². The summed E-state index contributed by atoms with van der Waals surface area (Å²) in [6, 6.07) is 16.5. The van der Waals surface area contributed by atoms with E-state index in [1.165, 1.54) is 5.56 Å². The molecule has 190 valence electrons. The molecule has 0 radical (unpaired) electrons. The second kappa shape index (κ2) is 9.59. The van der Waals surface area contributed by atoms with E-state index in [-0.39, 0.29) is 18.0 Å². The van der Waals surface area contributed by atoms with Crippen molar-refractivity contribution in [3.63, 3.8) is 0 Å². The SMILES string of the molecule is COc1cccc(C(=O)N2CC3CCC2CN3Cc2c(-c3ccc(C(C)C)cc3)nc3ncccn23)n1. The monoisotopic (exact) mass is 496 g/mol. The number of hydrogen-bond acceptors (Lipinski definition) is 6. The Balaban J connectivity index is 1.27. The summed E-state index contributed by atoms with van der Waals surface area (Å²) < 4.78 is 7.34. The van der Waals surface area contributed by atoms with Gasteiger partial charge in [-0.25, -0.2) is 15.0 Å². The number of nitrogens with zero attached hydrogens (tertiary/aromatic N) is 6. The van der Waals surface area contributed by atoms with Crippen molar-refractivity contribution in [2.45, 2.75) is 51.2 Å². The first kappa shape index (κ1) is 23.6. The predicted octanol–water partition coefficient (Wildman–Crippen LogP) is 4.41. The fourth-order valence-electron chi connectivity index (χ4n) is 5.69. The summed E-state index contributed by atoms with van der Waals surface area (Å²) in [5.74, 6) is 1.64. The molecular formula is C29H32N6O2. The molecular weight excluding hydrogens is 464 g/mol. The number of amides is 1. The Bertz CT molecular complexity index is 1430. The van der Waals surface area contributed by atoms with Crippen LogP contribution in [0.4, 0.5) is 0 Å². The molecule has 0 aliphatic carbocycles. The Morgan fingerprint density at radius 2 is 1.84 bits per heavy atom. The molecule has 6 heterocycles. The lowest BCUT2D eigenvalue weighted by atomic mass is 9.90. The Morgan fingerprint density at radius 1 is 1.03 bits per heavy atom. The van der Waals surface area contributed by atoms with E-state index in [9.17, 15) is 4.79 Å². The third kappa shape index (κ3) is 4.35. The van der Waals surface area contributed by atoms with Crippen LogP contribution in [0.3, 0.4) is 0 Å². The molecule has 2 bridgehead atoms. The van der Waals surface area contributed by atoms with Crippen LogP contribution in [-0.2, 0) is 6.54 Å². The summed E-state index contributed by atoms with van der Waals surface area (Å²) in [5.41, 5.74) is 4.98. The molecule has 8 heteroatoms. The number of piperazine rings is 1. The van der Waals surface area contributed by atoms with E-state index in [2.05, 4.69) is 57.4 Å². The van der Waals surface area contributed by atoms with Crippen LogP contribution in [0.25, 0.3) is 17.0 Å².